The summed E-state index contributed by atoms with van der Waals surface area (Å²) in [6, 6.07) is 0. The van der Waals surface area contributed by atoms with E-state index in [9.17, 15) is 29.3 Å². The van der Waals surface area contributed by atoms with E-state index in [0.29, 0.717) is 12.8 Å². The summed E-state index contributed by atoms with van der Waals surface area (Å²) in [5.41, 5.74) is 0. The molecule has 3 N–H and O–H groups in total. The molecule has 0 aromatic carbocycles. The summed E-state index contributed by atoms with van der Waals surface area (Å²) < 4.78 is 32.3. The lowest BCUT2D eigenvalue weighted by atomic mass is 10.0. The van der Waals surface area contributed by atoms with Crippen LogP contribution in [0.3, 0.4) is 0 Å². The van der Waals surface area contributed by atoms with E-state index in [1.807, 2.05) is 0 Å². The van der Waals surface area contributed by atoms with Crippen molar-refractivity contribution in [1.82, 2.24) is 0 Å². The zero-order valence-electron chi connectivity index (χ0n) is 29.0. The Bertz CT molecular complexity index is 791. The molecule has 0 aliphatic heterocycles. The van der Waals surface area contributed by atoms with Crippen LogP contribution in [0, 0.1) is 0 Å². The molecule has 0 fully saturated rings. The monoisotopic (exact) mass is 678 g/mol. The van der Waals surface area contributed by atoms with Crippen LogP contribution in [-0.2, 0) is 32.7 Å². The minimum atomic E-state index is -4.62. The van der Waals surface area contributed by atoms with E-state index in [0.717, 1.165) is 64.2 Å². The molecule has 3 atom stereocenters. The van der Waals surface area contributed by atoms with Gasteiger partial charge in [-0.05, 0) is 32.1 Å². The predicted octanol–water partition coefficient (Wildman–Crippen LogP) is 8.50. The van der Waals surface area contributed by atoms with Crippen LogP contribution in [0.1, 0.15) is 162 Å². The second kappa shape index (κ2) is 32.3. The Morgan fingerprint density at radius 1 is 0.565 bits per heavy atom. The number of phosphoric ester groups is 1. The lowest BCUT2D eigenvalue weighted by Gasteiger charge is -2.20. The Morgan fingerprint density at radius 3 is 1.33 bits per heavy atom. The van der Waals surface area contributed by atoms with Crippen molar-refractivity contribution < 1.29 is 47.8 Å². The molecule has 0 aliphatic carbocycles. The predicted molar refractivity (Wildman–Crippen MR) is 182 cm³/mol. The van der Waals surface area contributed by atoms with E-state index in [1.54, 1.807) is 0 Å². The van der Waals surface area contributed by atoms with Crippen LogP contribution in [0.2, 0.25) is 0 Å². The Kier molecular flexibility index (Phi) is 31.4. The van der Waals surface area contributed by atoms with Gasteiger partial charge in [-0.2, -0.15) is 0 Å². The molecule has 3 unspecified atom stereocenters. The van der Waals surface area contributed by atoms with Gasteiger partial charge in [0.25, 0.3) is 0 Å². The van der Waals surface area contributed by atoms with E-state index in [1.165, 1.54) is 57.8 Å². The summed E-state index contributed by atoms with van der Waals surface area (Å²) in [6.45, 7) is 2.11. The maximum atomic E-state index is 12.3. The van der Waals surface area contributed by atoms with Gasteiger partial charge in [-0.25, -0.2) is 4.57 Å². The molecule has 0 heterocycles. The second-order valence-corrected chi connectivity index (χ2v) is 13.7. The first-order chi connectivity index (χ1) is 22.3. The quantitative estimate of drug-likeness (QED) is 0.0262. The van der Waals surface area contributed by atoms with Crippen molar-refractivity contribution in [3.05, 3.63) is 12.2 Å². The second-order valence-electron chi connectivity index (χ2n) is 12.2. The van der Waals surface area contributed by atoms with Crippen molar-refractivity contribution in [1.29, 1.82) is 0 Å². The van der Waals surface area contributed by atoms with Crippen molar-refractivity contribution in [2.45, 2.75) is 174 Å². The van der Waals surface area contributed by atoms with Crippen LogP contribution in [0.5, 0.6) is 0 Å². The Labute approximate surface area is 279 Å². The van der Waals surface area contributed by atoms with E-state index in [-0.39, 0.29) is 12.8 Å². The molecular weight excluding hydrogens is 611 g/mol. The Morgan fingerprint density at radius 2 is 0.935 bits per heavy atom. The van der Waals surface area contributed by atoms with Crippen molar-refractivity contribution >= 4 is 19.8 Å². The molecule has 10 nitrogen and oxygen atoms in total. The number of rotatable bonds is 34. The number of esters is 2. The molecule has 0 aromatic heterocycles. The van der Waals surface area contributed by atoms with Crippen molar-refractivity contribution in [3.63, 3.8) is 0 Å². The molecule has 0 aliphatic rings. The molecule has 0 radical (unpaired) electrons. The number of aliphatic hydroxyl groups is 2. The van der Waals surface area contributed by atoms with Crippen LogP contribution in [0.15, 0.2) is 12.2 Å². The number of hydrogen-bond acceptors (Lipinski definition) is 9. The van der Waals surface area contributed by atoms with E-state index < -0.39 is 58.4 Å². The SMILES string of the molecule is CCC/C=C\CCCCCCCC(=O)OC(CO)COP(=O)(O)OCC(CO)OC(=O)CCCCCCCCCCCCCCC. The van der Waals surface area contributed by atoms with E-state index in [2.05, 4.69) is 26.0 Å². The van der Waals surface area contributed by atoms with Crippen LogP contribution in [0.4, 0.5) is 0 Å². The highest BCUT2D eigenvalue weighted by atomic mass is 31.2. The van der Waals surface area contributed by atoms with Crippen molar-refractivity contribution in [3.8, 4) is 0 Å². The molecule has 0 aromatic rings. The normalized spacial score (nSPS) is 14.3. The fourth-order valence-electron chi connectivity index (χ4n) is 4.88. The average molecular weight is 679 g/mol. The van der Waals surface area contributed by atoms with Crippen molar-refractivity contribution in [2.75, 3.05) is 26.4 Å². The minimum Gasteiger partial charge on any atom is -0.457 e. The fourth-order valence-corrected chi connectivity index (χ4v) is 5.66. The molecule has 46 heavy (non-hydrogen) atoms. The minimum absolute atomic E-state index is 0.184. The number of hydrogen-bond donors (Lipinski definition) is 3. The first-order valence-corrected chi connectivity index (χ1v) is 19.6. The maximum absolute atomic E-state index is 12.3. The number of phosphoric acid groups is 1. The maximum Gasteiger partial charge on any atom is 0.472 e. The molecule has 0 spiro atoms. The van der Waals surface area contributed by atoms with Crippen molar-refractivity contribution in [2.24, 2.45) is 0 Å². The molecule has 0 saturated carbocycles. The van der Waals surface area contributed by atoms with Gasteiger partial charge < -0.3 is 24.6 Å². The highest BCUT2D eigenvalue weighted by Crippen LogP contribution is 2.43. The number of unbranched alkanes of at least 4 members (excludes halogenated alkanes) is 18. The lowest BCUT2D eigenvalue weighted by molar-refractivity contribution is -0.153. The van der Waals surface area contributed by atoms with Gasteiger partial charge in [0.2, 0.25) is 0 Å². The number of carbonyl (C=O) groups is 2. The van der Waals surface area contributed by atoms with Gasteiger partial charge in [0.15, 0.2) is 0 Å². The molecular formula is C35H67O10P. The van der Waals surface area contributed by atoms with E-state index >= 15 is 0 Å². The topological polar surface area (TPSA) is 149 Å². The van der Waals surface area contributed by atoms with Crippen LogP contribution in [0.25, 0.3) is 0 Å². The Balaban J connectivity index is 4.00. The molecule has 0 rings (SSSR count). The summed E-state index contributed by atoms with van der Waals surface area (Å²) in [4.78, 5) is 34.2. The van der Waals surface area contributed by atoms with Gasteiger partial charge in [-0.15, -0.1) is 0 Å². The van der Waals surface area contributed by atoms with Gasteiger partial charge >= 0.3 is 19.8 Å². The fraction of sp³-hybridized carbons (Fsp3) is 0.886. The summed E-state index contributed by atoms with van der Waals surface area (Å²) in [6.07, 6.45) is 26.3. The van der Waals surface area contributed by atoms with Gasteiger partial charge in [-0.1, -0.05) is 129 Å². The van der Waals surface area contributed by atoms with Gasteiger partial charge in [-0.3, -0.25) is 18.6 Å². The summed E-state index contributed by atoms with van der Waals surface area (Å²) in [5, 5.41) is 19.0. The number of carbonyl (C=O) groups excluding carboxylic acids is 2. The van der Waals surface area contributed by atoms with Gasteiger partial charge in [0.1, 0.15) is 12.2 Å². The smallest absolute Gasteiger partial charge is 0.457 e. The molecule has 11 heteroatoms. The highest BCUT2D eigenvalue weighted by molar-refractivity contribution is 7.47. The molecule has 0 saturated heterocycles. The van der Waals surface area contributed by atoms with Crippen LogP contribution < -0.4 is 0 Å². The third kappa shape index (κ3) is 30.1. The van der Waals surface area contributed by atoms with Gasteiger partial charge in [0.05, 0.1) is 26.4 Å². The number of allylic oxidation sites excluding steroid dienone is 2. The molecule has 272 valence electrons. The van der Waals surface area contributed by atoms with Gasteiger partial charge in [0, 0.05) is 12.8 Å². The first kappa shape index (κ1) is 44.7. The zero-order valence-corrected chi connectivity index (χ0v) is 29.9. The van der Waals surface area contributed by atoms with E-state index in [4.69, 9.17) is 18.5 Å². The highest BCUT2D eigenvalue weighted by Gasteiger charge is 2.27. The zero-order chi connectivity index (χ0) is 34.1. The standard InChI is InChI=1S/C35H67O10P/c1-3-5-7-9-11-13-15-16-17-19-21-23-25-27-35(39)45-33(29-37)31-43-46(40,41)42-30-32(28-36)44-34(38)26-24-22-20-18-14-12-10-8-6-4-2/h8,10,32-33,36-37H,3-7,9,11-31H2,1-2H3,(H,40,41)/b10-8-. The molecule has 0 bridgehead atoms. The van der Waals surface area contributed by atoms with Crippen LogP contribution in [-0.4, -0.2) is 65.7 Å². The summed E-state index contributed by atoms with van der Waals surface area (Å²) in [5.74, 6) is -1.03. The number of aliphatic hydroxyl groups excluding tert-OH is 2. The molecule has 0 amide bonds. The summed E-state index contributed by atoms with van der Waals surface area (Å²) >= 11 is 0. The Hall–Kier alpha value is -1.29. The number of ether oxygens (including phenoxy) is 2. The van der Waals surface area contributed by atoms with Crippen LogP contribution >= 0.6 is 7.82 Å². The summed E-state index contributed by atoms with van der Waals surface area (Å²) in [7, 11) is -4.62. The first-order valence-electron chi connectivity index (χ1n) is 18.1. The third-order valence-corrected chi connectivity index (χ3v) is 8.66. The lowest BCUT2D eigenvalue weighted by Crippen LogP contribution is -2.28. The third-order valence-electron chi connectivity index (χ3n) is 7.71. The average Bonchev–Trinajstić information content (AvgIpc) is 3.04. The largest absolute Gasteiger partial charge is 0.472 e.